The highest BCUT2D eigenvalue weighted by Gasteiger charge is 2.24. The van der Waals surface area contributed by atoms with E-state index in [4.69, 9.17) is 4.42 Å². The highest BCUT2D eigenvalue weighted by atomic mass is 19.2. The van der Waals surface area contributed by atoms with Gasteiger partial charge in [-0.05, 0) is 50.2 Å². The lowest BCUT2D eigenvalue weighted by atomic mass is 10.1. The van der Waals surface area contributed by atoms with Gasteiger partial charge in [-0.15, -0.1) is 0 Å². The number of carbonyl (C=O) groups excluding carboxylic acids is 2. The van der Waals surface area contributed by atoms with Gasteiger partial charge >= 0.3 is 6.03 Å². The van der Waals surface area contributed by atoms with Crippen molar-refractivity contribution in [3.8, 4) is 0 Å². The van der Waals surface area contributed by atoms with Crippen LogP contribution in [0.1, 0.15) is 31.1 Å². The van der Waals surface area contributed by atoms with Crippen LogP contribution in [0.25, 0.3) is 0 Å². The Balaban J connectivity index is 1.46. The molecule has 1 fully saturated rings. The van der Waals surface area contributed by atoms with Gasteiger partial charge < -0.3 is 20.4 Å². The van der Waals surface area contributed by atoms with Crippen LogP contribution in [0.3, 0.4) is 0 Å². The summed E-state index contributed by atoms with van der Waals surface area (Å²) in [5.74, 6) is -1.83. The van der Waals surface area contributed by atoms with Gasteiger partial charge in [-0.25, -0.2) is 13.6 Å². The van der Waals surface area contributed by atoms with Gasteiger partial charge in [-0.1, -0.05) is 6.42 Å². The maximum absolute atomic E-state index is 13.2. The number of furan rings is 1. The van der Waals surface area contributed by atoms with Crippen molar-refractivity contribution in [1.29, 1.82) is 0 Å². The molecule has 29 heavy (non-hydrogen) atoms. The van der Waals surface area contributed by atoms with E-state index in [9.17, 15) is 18.4 Å². The molecular weight excluding hydrogens is 382 g/mol. The third kappa shape index (κ3) is 6.02. The molecule has 156 valence electrons. The number of anilines is 1. The molecule has 1 saturated heterocycles. The van der Waals surface area contributed by atoms with Crippen molar-refractivity contribution in [3.63, 3.8) is 0 Å². The van der Waals surface area contributed by atoms with Gasteiger partial charge in [0, 0.05) is 18.3 Å². The molecular formula is C20H24F2N4O3. The van der Waals surface area contributed by atoms with E-state index in [1.807, 2.05) is 12.1 Å². The summed E-state index contributed by atoms with van der Waals surface area (Å²) in [7, 11) is 0. The number of halogens is 2. The smallest absolute Gasteiger partial charge is 0.315 e. The van der Waals surface area contributed by atoms with Crippen LogP contribution in [-0.2, 0) is 4.79 Å². The fourth-order valence-corrected chi connectivity index (χ4v) is 3.31. The summed E-state index contributed by atoms with van der Waals surface area (Å²) < 4.78 is 31.6. The molecule has 9 heteroatoms. The van der Waals surface area contributed by atoms with Crippen LogP contribution in [0.15, 0.2) is 41.0 Å². The van der Waals surface area contributed by atoms with Crippen LogP contribution in [0, 0.1) is 11.6 Å². The van der Waals surface area contributed by atoms with Gasteiger partial charge in [-0.3, -0.25) is 9.69 Å². The second-order valence-corrected chi connectivity index (χ2v) is 6.87. The predicted octanol–water partition coefficient (Wildman–Crippen LogP) is 3.02. The predicted molar refractivity (Wildman–Crippen MR) is 103 cm³/mol. The monoisotopic (exact) mass is 406 g/mol. The minimum Gasteiger partial charge on any atom is -0.468 e. The van der Waals surface area contributed by atoms with Crippen molar-refractivity contribution in [2.45, 2.75) is 25.3 Å². The maximum Gasteiger partial charge on any atom is 0.315 e. The molecule has 2 heterocycles. The molecule has 1 aliphatic heterocycles. The number of amides is 3. The first-order valence-corrected chi connectivity index (χ1v) is 9.57. The van der Waals surface area contributed by atoms with E-state index in [1.165, 1.54) is 12.5 Å². The molecule has 0 aliphatic carbocycles. The number of urea groups is 1. The van der Waals surface area contributed by atoms with Crippen LogP contribution in [0.4, 0.5) is 19.3 Å². The van der Waals surface area contributed by atoms with E-state index in [0.29, 0.717) is 6.54 Å². The summed E-state index contributed by atoms with van der Waals surface area (Å²) in [6.07, 6.45) is 5.01. The maximum atomic E-state index is 13.2. The van der Waals surface area contributed by atoms with Gasteiger partial charge in [0.25, 0.3) is 0 Å². The van der Waals surface area contributed by atoms with Gasteiger partial charge in [0.2, 0.25) is 5.91 Å². The molecule has 3 amide bonds. The third-order valence-corrected chi connectivity index (χ3v) is 4.77. The Labute approximate surface area is 167 Å². The molecule has 0 bridgehead atoms. The van der Waals surface area contributed by atoms with E-state index in [0.717, 1.165) is 43.8 Å². The van der Waals surface area contributed by atoms with E-state index in [2.05, 4.69) is 20.9 Å². The highest BCUT2D eigenvalue weighted by molar-refractivity contribution is 5.94. The molecule has 0 radical (unpaired) electrons. The van der Waals surface area contributed by atoms with Crippen molar-refractivity contribution in [2.75, 3.05) is 31.5 Å². The molecule has 3 rings (SSSR count). The lowest BCUT2D eigenvalue weighted by Gasteiger charge is -2.33. The van der Waals surface area contributed by atoms with E-state index < -0.39 is 23.6 Å². The Morgan fingerprint density at radius 2 is 1.86 bits per heavy atom. The Kier molecular flexibility index (Phi) is 7.18. The SMILES string of the molecule is O=C(CNC(=O)NCC(c1ccco1)N1CCCCC1)Nc1ccc(F)c(F)c1. The van der Waals surface area contributed by atoms with Crippen LogP contribution in [-0.4, -0.2) is 43.0 Å². The zero-order valence-electron chi connectivity index (χ0n) is 15.9. The van der Waals surface area contributed by atoms with Gasteiger partial charge in [0.1, 0.15) is 5.76 Å². The molecule has 7 nitrogen and oxygen atoms in total. The van der Waals surface area contributed by atoms with Crippen LogP contribution in [0.5, 0.6) is 0 Å². The quantitative estimate of drug-likeness (QED) is 0.660. The summed E-state index contributed by atoms with van der Waals surface area (Å²) >= 11 is 0. The second-order valence-electron chi connectivity index (χ2n) is 6.87. The first-order chi connectivity index (χ1) is 14.0. The number of hydrogen-bond donors (Lipinski definition) is 3. The molecule has 1 aromatic heterocycles. The number of nitrogens with one attached hydrogen (secondary N) is 3. The van der Waals surface area contributed by atoms with Crippen LogP contribution < -0.4 is 16.0 Å². The normalized spacial score (nSPS) is 15.5. The Morgan fingerprint density at radius 1 is 1.07 bits per heavy atom. The number of nitrogens with zero attached hydrogens (tertiary/aromatic N) is 1. The molecule has 3 N–H and O–H groups in total. The zero-order chi connectivity index (χ0) is 20.6. The van der Waals surface area contributed by atoms with E-state index in [1.54, 1.807) is 6.26 Å². The molecule has 1 unspecified atom stereocenters. The summed E-state index contributed by atoms with van der Waals surface area (Å²) in [5.41, 5.74) is 0.110. The van der Waals surface area contributed by atoms with Crippen LogP contribution >= 0.6 is 0 Å². The Morgan fingerprint density at radius 3 is 2.55 bits per heavy atom. The fraction of sp³-hybridized carbons (Fsp3) is 0.400. The van der Waals surface area contributed by atoms with Gasteiger partial charge in [0.05, 0.1) is 18.8 Å². The fourth-order valence-electron chi connectivity index (χ4n) is 3.31. The standard InChI is InChI=1S/C20H24F2N4O3/c21-15-7-6-14(11-16(15)22)25-19(27)13-24-20(28)23-12-17(18-5-4-10-29-18)26-8-2-1-3-9-26/h4-7,10-11,17H,1-3,8-9,12-13H2,(H,25,27)(H2,23,24,28). The summed E-state index contributed by atoms with van der Waals surface area (Å²) in [4.78, 5) is 26.3. The number of benzene rings is 1. The van der Waals surface area contributed by atoms with Gasteiger partial charge in [0.15, 0.2) is 11.6 Å². The van der Waals surface area contributed by atoms with Crippen LogP contribution in [0.2, 0.25) is 0 Å². The summed E-state index contributed by atoms with van der Waals surface area (Å²) in [6, 6.07) is 6.15. The largest absolute Gasteiger partial charge is 0.468 e. The number of carbonyl (C=O) groups is 2. The molecule has 1 atom stereocenters. The first kappa shape index (κ1) is 20.8. The van der Waals surface area contributed by atoms with E-state index >= 15 is 0 Å². The Hall–Kier alpha value is -2.94. The average molecular weight is 406 g/mol. The number of rotatable bonds is 7. The number of hydrogen-bond acceptors (Lipinski definition) is 4. The van der Waals surface area contributed by atoms with E-state index in [-0.39, 0.29) is 18.3 Å². The molecule has 2 aromatic rings. The van der Waals surface area contributed by atoms with Crippen molar-refractivity contribution in [3.05, 3.63) is 54.0 Å². The third-order valence-electron chi connectivity index (χ3n) is 4.77. The lowest BCUT2D eigenvalue weighted by molar-refractivity contribution is -0.115. The minimum atomic E-state index is -1.06. The number of piperidine rings is 1. The summed E-state index contributed by atoms with van der Waals surface area (Å²) in [6.45, 7) is 1.90. The minimum absolute atomic E-state index is 0.0768. The van der Waals surface area contributed by atoms with Crippen molar-refractivity contribution in [1.82, 2.24) is 15.5 Å². The second kappa shape index (κ2) is 10.0. The summed E-state index contributed by atoms with van der Waals surface area (Å²) in [5, 5.41) is 7.61. The zero-order valence-corrected chi connectivity index (χ0v) is 15.9. The molecule has 0 spiro atoms. The first-order valence-electron chi connectivity index (χ1n) is 9.57. The number of likely N-dealkylation sites (tertiary alicyclic amines) is 1. The highest BCUT2D eigenvalue weighted by Crippen LogP contribution is 2.24. The van der Waals surface area contributed by atoms with Crippen molar-refractivity contribution < 1.29 is 22.8 Å². The molecule has 1 aliphatic rings. The van der Waals surface area contributed by atoms with Crippen molar-refractivity contribution in [2.24, 2.45) is 0 Å². The average Bonchev–Trinajstić information content (AvgIpc) is 3.25. The topological polar surface area (TPSA) is 86.6 Å². The molecule has 1 aromatic carbocycles. The van der Waals surface area contributed by atoms with Crippen molar-refractivity contribution >= 4 is 17.6 Å². The van der Waals surface area contributed by atoms with Gasteiger partial charge in [-0.2, -0.15) is 0 Å². The Bertz CT molecular complexity index is 823. The lowest BCUT2D eigenvalue weighted by Crippen LogP contribution is -2.45. The molecule has 0 saturated carbocycles.